The summed E-state index contributed by atoms with van der Waals surface area (Å²) in [4.78, 5) is 0. The normalized spacial score (nSPS) is 23.9. The molecule has 4 heteroatoms. The molecule has 0 bridgehead atoms. The number of nitrogen functional groups attached to an aromatic ring is 1. The molecule has 1 aromatic carbocycles. The third-order valence-corrected chi connectivity index (χ3v) is 4.16. The number of aliphatic hydroxyl groups excluding tert-OH is 1. The van der Waals surface area contributed by atoms with Crippen molar-refractivity contribution >= 4 is 23.0 Å². The first-order chi connectivity index (χ1) is 8.70. The Morgan fingerprint density at radius 3 is 2.67 bits per heavy atom. The van der Waals surface area contributed by atoms with Crippen LogP contribution in [0.1, 0.15) is 25.7 Å². The summed E-state index contributed by atoms with van der Waals surface area (Å²) in [6, 6.07) is 5.52. The predicted octanol–water partition coefficient (Wildman–Crippen LogP) is 3.13. The fourth-order valence-electron chi connectivity index (χ4n) is 2.71. The predicted molar refractivity (Wildman–Crippen MR) is 76.9 cm³/mol. The summed E-state index contributed by atoms with van der Waals surface area (Å²) in [6.45, 7) is 1.16. The Labute approximate surface area is 113 Å². The molecule has 0 amide bonds. The van der Waals surface area contributed by atoms with Crippen molar-refractivity contribution in [1.29, 1.82) is 0 Å². The third kappa shape index (κ3) is 3.30. The van der Waals surface area contributed by atoms with Crippen molar-refractivity contribution in [1.82, 2.24) is 0 Å². The van der Waals surface area contributed by atoms with Gasteiger partial charge in [-0.25, -0.2) is 0 Å². The lowest BCUT2D eigenvalue weighted by molar-refractivity contribution is 0.141. The number of nitrogens with one attached hydrogen (secondary N) is 1. The Bertz CT molecular complexity index is 397. The number of hydrogen-bond donors (Lipinski definition) is 3. The fraction of sp³-hybridized carbons (Fsp3) is 0.571. The smallest absolute Gasteiger partial charge is 0.0657 e. The van der Waals surface area contributed by atoms with Gasteiger partial charge in [-0.1, -0.05) is 24.4 Å². The summed E-state index contributed by atoms with van der Waals surface area (Å²) in [6.07, 6.45) is 4.83. The van der Waals surface area contributed by atoms with Crippen LogP contribution in [0.15, 0.2) is 18.2 Å². The summed E-state index contributed by atoms with van der Waals surface area (Å²) in [5.74, 6) is 0.969. The number of aliphatic hydroxyl groups is 1. The second-order valence-electron chi connectivity index (χ2n) is 5.11. The lowest BCUT2D eigenvalue weighted by Crippen LogP contribution is -2.28. The molecule has 2 rings (SSSR count). The molecule has 3 nitrogen and oxygen atoms in total. The number of hydrogen-bond acceptors (Lipinski definition) is 3. The van der Waals surface area contributed by atoms with Gasteiger partial charge in [-0.2, -0.15) is 0 Å². The molecule has 1 fully saturated rings. The van der Waals surface area contributed by atoms with Crippen molar-refractivity contribution < 1.29 is 5.11 Å². The molecule has 2 unspecified atom stereocenters. The van der Waals surface area contributed by atoms with E-state index < -0.39 is 0 Å². The molecule has 1 aliphatic rings. The average molecular weight is 269 g/mol. The van der Waals surface area contributed by atoms with Gasteiger partial charge in [-0.05, 0) is 42.9 Å². The lowest BCUT2D eigenvalue weighted by atomic mass is 9.79. The summed E-state index contributed by atoms with van der Waals surface area (Å²) in [5.41, 5.74) is 7.27. The minimum atomic E-state index is 0.293. The minimum absolute atomic E-state index is 0.293. The maximum absolute atomic E-state index is 9.38. The first-order valence-electron chi connectivity index (χ1n) is 6.60. The van der Waals surface area contributed by atoms with E-state index in [1.54, 1.807) is 6.07 Å². The molecule has 1 aromatic rings. The molecule has 4 N–H and O–H groups in total. The molecule has 0 aromatic heterocycles. The van der Waals surface area contributed by atoms with Gasteiger partial charge in [-0.15, -0.1) is 0 Å². The topological polar surface area (TPSA) is 58.3 Å². The highest BCUT2D eigenvalue weighted by Crippen LogP contribution is 2.31. The van der Waals surface area contributed by atoms with Gasteiger partial charge in [0.25, 0.3) is 0 Å². The zero-order valence-electron chi connectivity index (χ0n) is 10.5. The van der Waals surface area contributed by atoms with Crippen LogP contribution in [0.4, 0.5) is 11.4 Å². The van der Waals surface area contributed by atoms with E-state index in [1.165, 1.54) is 19.3 Å². The molecular formula is C14H21ClN2O. The summed E-state index contributed by atoms with van der Waals surface area (Å²) < 4.78 is 0. The van der Waals surface area contributed by atoms with E-state index in [9.17, 15) is 5.11 Å². The van der Waals surface area contributed by atoms with Crippen LogP contribution in [0.2, 0.25) is 5.02 Å². The second kappa shape index (κ2) is 6.30. The maximum Gasteiger partial charge on any atom is 0.0657 e. The van der Waals surface area contributed by atoms with Crippen molar-refractivity contribution in [2.45, 2.75) is 25.7 Å². The summed E-state index contributed by atoms with van der Waals surface area (Å²) >= 11 is 6.13. The zero-order valence-corrected chi connectivity index (χ0v) is 11.3. The van der Waals surface area contributed by atoms with Crippen molar-refractivity contribution in [2.75, 3.05) is 24.2 Å². The Kier molecular flexibility index (Phi) is 4.72. The minimum Gasteiger partial charge on any atom is -0.399 e. The fourth-order valence-corrected chi connectivity index (χ4v) is 2.97. The molecule has 1 saturated carbocycles. The van der Waals surface area contributed by atoms with Gasteiger partial charge in [-0.3, -0.25) is 0 Å². The molecule has 2 atom stereocenters. The first-order valence-corrected chi connectivity index (χ1v) is 6.98. The van der Waals surface area contributed by atoms with Crippen LogP contribution in [-0.4, -0.2) is 18.3 Å². The van der Waals surface area contributed by atoms with Crippen LogP contribution in [-0.2, 0) is 0 Å². The Balaban J connectivity index is 1.93. The Morgan fingerprint density at radius 2 is 2.00 bits per heavy atom. The number of nitrogens with two attached hydrogens (primary N) is 1. The quantitative estimate of drug-likeness (QED) is 0.736. The maximum atomic E-state index is 9.38. The molecule has 0 radical (unpaired) electrons. The number of anilines is 2. The van der Waals surface area contributed by atoms with Crippen LogP contribution in [0.5, 0.6) is 0 Å². The molecule has 0 aliphatic heterocycles. The van der Waals surface area contributed by atoms with E-state index in [0.29, 0.717) is 29.2 Å². The molecule has 0 heterocycles. The molecule has 18 heavy (non-hydrogen) atoms. The van der Waals surface area contributed by atoms with Gasteiger partial charge in [0, 0.05) is 18.8 Å². The Hall–Kier alpha value is -0.930. The standard InChI is InChI=1S/C14H21ClN2O/c15-13-7-12(16)5-6-14(13)17-8-10-3-1-2-4-11(10)9-18/h5-7,10-11,17-18H,1-4,8-9,16H2. The SMILES string of the molecule is Nc1ccc(NCC2CCCCC2CO)c(Cl)c1. The van der Waals surface area contributed by atoms with Crippen molar-refractivity contribution in [3.63, 3.8) is 0 Å². The van der Waals surface area contributed by atoms with E-state index >= 15 is 0 Å². The van der Waals surface area contributed by atoms with Gasteiger partial charge in [0.15, 0.2) is 0 Å². The lowest BCUT2D eigenvalue weighted by Gasteiger charge is -2.30. The number of halogens is 1. The van der Waals surface area contributed by atoms with E-state index in [4.69, 9.17) is 17.3 Å². The average Bonchev–Trinajstić information content (AvgIpc) is 2.38. The molecular weight excluding hydrogens is 248 g/mol. The van der Waals surface area contributed by atoms with E-state index in [2.05, 4.69) is 5.32 Å². The summed E-state index contributed by atoms with van der Waals surface area (Å²) in [7, 11) is 0. The highest BCUT2D eigenvalue weighted by atomic mass is 35.5. The van der Waals surface area contributed by atoms with Crippen LogP contribution in [0, 0.1) is 11.8 Å². The first kappa shape index (κ1) is 13.5. The number of benzene rings is 1. The van der Waals surface area contributed by atoms with E-state index in [1.807, 2.05) is 12.1 Å². The largest absolute Gasteiger partial charge is 0.399 e. The zero-order chi connectivity index (χ0) is 13.0. The Morgan fingerprint density at radius 1 is 1.28 bits per heavy atom. The van der Waals surface area contributed by atoms with Crippen molar-refractivity contribution in [3.8, 4) is 0 Å². The van der Waals surface area contributed by atoms with Crippen LogP contribution in [0.25, 0.3) is 0 Å². The number of rotatable bonds is 4. The van der Waals surface area contributed by atoms with Crippen LogP contribution < -0.4 is 11.1 Å². The van der Waals surface area contributed by atoms with Gasteiger partial charge in [0.2, 0.25) is 0 Å². The highest BCUT2D eigenvalue weighted by molar-refractivity contribution is 6.33. The van der Waals surface area contributed by atoms with Crippen LogP contribution >= 0.6 is 11.6 Å². The molecule has 0 spiro atoms. The highest BCUT2D eigenvalue weighted by Gasteiger charge is 2.24. The van der Waals surface area contributed by atoms with Crippen molar-refractivity contribution in [3.05, 3.63) is 23.2 Å². The van der Waals surface area contributed by atoms with Crippen molar-refractivity contribution in [2.24, 2.45) is 11.8 Å². The third-order valence-electron chi connectivity index (χ3n) is 3.85. The van der Waals surface area contributed by atoms with Gasteiger partial charge >= 0.3 is 0 Å². The van der Waals surface area contributed by atoms with Gasteiger partial charge in [0.1, 0.15) is 0 Å². The second-order valence-corrected chi connectivity index (χ2v) is 5.51. The molecule has 1 aliphatic carbocycles. The van der Waals surface area contributed by atoms with E-state index in [-0.39, 0.29) is 0 Å². The molecule has 0 saturated heterocycles. The van der Waals surface area contributed by atoms with E-state index in [0.717, 1.165) is 18.7 Å². The monoisotopic (exact) mass is 268 g/mol. The summed E-state index contributed by atoms with van der Waals surface area (Å²) in [5, 5.41) is 13.4. The van der Waals surface area contributed by atoms with Gasteiger partial charge in [0.05, 0.1) is 10.7 Å². The van der Waals surface area contributed by atoms with Crippen LogP contribution in [0.3, 0.4) is 0 Å². The van der Waals surface area contributed by atoms with Gasteiger partial charge < -0.3 is 16.2 Å². The molecule has 100 valence electrons.